The van der Waals surface area contributed by atoms with Crippen LogP contribution in [0.4, 0.5) is 14.5 Å². The zero-order valence-corrected chi connectivity index (χ0v) is 20.0. The molecule has 10 heteroatoms. The van der Waals surface area contributed by atoms with Crippen LogP contribution in [0, 0.1) is 18.6 Å². The number of benzene rings is 2. The first-order chi connectivity index (χ1) is 15.4. The molecule has 1 atom stereocenters. The summed E-state index contributed by atoms with van der Waals surface area (Å²) in [5, 5.41) is 2.74. The van der Waals surface area contributed by atoms with E-state index >= 15 is 0 Å². The third kappa shape index (κ3) is 7.24. The van der Waals surface area contributed by atoms with Gasteiger partial charge in [0.05, 0.1) is 11.9 Å². The Hall–Kier alpha value is -3.01. The number of sulfonamides is 1. The summed E-state index contributed by atoms with van der Waals surface area (Å²) in [5.41, 5.74) is 1.53. The average Bonchev–Trinajstić information content (AvgIpc) is 2.74. The van der Waals surface area contributed by atoms with E-state index in [1.807, 2.05) is 32.0 Å². The number of nitrogens with one attached hydrogen (secondary N) is 1. The molecule has 1 unspecified atom stereocenters. The molecule has 7 nitrogen and oxygen atoms in total. The highest BCUT2D eigenvalue weighted by atomic mass is 32.2. The number of hydrogen-bond acceptors (Lipinski definition) is 4. The number of hydrogen-bond donors (Lipinski definition) is 1. The molecule has 0 bridgehead atoms. The van der Waals surface area contributed by atoms with Gasteiger partial charge in [-0.3, -0.25) is 13.9 Å². The van der Waals surface area contributed by atoms with E-state index in [4.69, 9.17) is 0 Å². The number of nitrogens with zero attached hydrogens (tertiary/aromatic N) is 2. The number of anilines is 1. The molecule has 2 amide bonds. The maximum atomic E-state index is 13.8. The lowest BCUT2D eigenvalue weighted by Gasteiger charge is -2.31. The summed E-state index contributed by atoms with van der Waals surface area (Å²) in [7, 11) is -4.02. The van der Waals surface area contributed by atoms with E-state index in [-0.39, 0.29) is 18.1 Å². The molecule has 2 aromatic rings. The predicted molar refractivity (Wildman–Crippen MR) is 123 cm³/mol. The molecule has 0 aliphatic heterocycles. The fourth-order valence-electron chi connectivity index (χ4n) is 3.24. The third-order valence-electron chi connectivity index (χ3n) is 5.02. The van der Waals surface area contributed by atoms with Gasteiger partial charge in [-0.2, -0.15) is 0 Å². The van der Waals surface area contributed by atoms with Crippen LogP contribution in [0.2, 0.25) is 0 Å². The highest BCUT2D eigenvalue weighted by molar-refractivity contribution is 7.92. The Balaban J connectivity index is 2.39. The van der Waals surface area contributed by atoms with Crippen LogP contribution in [-0.2, 0) is 26.2 Å². The first-order valence-corrected chi connectivity index (χ1v) is 12.3. The summed E-state index contributed by atoms with van der Waals surface area (Å²) in [5.74, 6) is -3.42. The first-order valence-electron chi connectivity index (χ1n) is 10.5. The Morgan fingerprint density at radius 2 is 1.79 bits per heavy atom. The molecule has 0 saturated carbocycles. The van der Waals surface area contributed by atoms with E-state index in [1.54, 1.807) is 13.0 Å². The van der Waals surface area contributed by atoms with Gasteiger partial charge in [0.15, 0.2) is 11.6 Å². The molecule has 1 N–H and O–H groups in total. The molecular weight excluding hydrogens is 452 g/mol. The summed E-state index contributed by atoms with van der Waals surface area (Å²) >= 11 is 0. The largest absolute Gasteiger partial charge is 0.354 e. The van der Waals surface area contributed by atoms with Gasteiger partial charge in [-0.15, -0.1) is 0 Å². The average molecular weight is 482 g/mol. The van der Waals surface area contributed by atoms with Crippen molar-refractivity contribution in [2.24, 2.45) is 0 Å². The molecule has 0 aliphatic rings. The van der Waals surface area contributed by atoms with Gasteiger partial charge < -0.3 is 10.2 Å². The van der Waals surface area contributed by atoms with Gasteiger partial charge >= 0.3 is 0 Å². The number of amides is 2. The van der Waals surface area contributed by atoms with Gasteiger partial charge in [0.2, 0.25) is 21.8 Å². The van der Waals surface area contributed by atoms with Gasteiger partial charge in [-0.1, -0.05) is 36.8 Å². The maximum Gasteiger partial charge on any atom is 0.244 e. The van der Waals surface area contributed by atoms with E-state index in [2.05, 4.69) is 5.32 Å². The van der Waals surface area contributed by atoms with E-state index in [9.17, 15) is 26.8 Å². The van der Waals surface area contributed by atoms with Gasteiger partial charge in [-0.25, -0.2) is 17.2 Å². The van der Waals surface area contributed by atoms with E-state index in [0.29, 0.717) is 23.3 Å². The van der Waals surface area contributed by atoms with E-state index in [0.717, 1.165) is 29.5 Å². The summed E-state index contributed by atoms with van der Waals surface area (Å²) < 4.78 is 52.6. The lowest BCUT2D eigenvalue weighted by Crippen LogP contribution is -2.51. The number of aryl methyl sites for hydroxylation is 1. The minimum Gasteiger partial charge on any atom is -0.354 e. The van der Waals surface area contributed by atoms with Crippen LogP contribution in [0.5, 0.6) is 0 Å². The van der Waals surface area contributed by atoms with Crippen LogP contribution < -0.4 is 9.62 Å². The second-order valence-corrected chi connectivity index (χ2v) is 9.75. The molecule has 0 radical (unpaired) electrons. The van der Waals surface area contributed by atoms with Crippen LogP contribution in [0.25, 0.3) is 0 Å². The van der Waals surface area contributed by atoms with Crippen LogP contribution in [0.1, 0.15) is 31.4 Å². The lowest BCUT2D eigenvalue weighted by atomic mass is 10.1. The predicted octanol–water partition coefficient (Wildman–Crippen LogP) is 2.98. The quantitative estimate of drug-likeness (QED) is 0.565. The highest BCUT2D eigenvalue weighted by Gasteiger charge is 2.30. The lowest BCUT2D eigenvalue weighted by molar-refractivity contribution is -0.139. The second-order valence-electron chi connectivity index (χ2n) is 7.85. The Bertz CT molecular complexity index is 1110. The summed E-state index contributed by atoms with van der Waals surface area (Å²) in [4.78, 5) is 27.2. The zero-order chi connectivity index (χ0) is 24.8. The summed E-state index contributed by atoms with van der Waals surface area (Å²) in [6.45, 7) is 5.16. The second kappa shape index (κ2) is 11.2. The topological polar surface area (TPSA) is 86.8 Å². The van der Waals surface area contributed by atoms with Gasteiger partial charge in [0.1, 0.15) is 12.6 Å². The molecule has 0 aromatic heterocycles. The fraction of sp³-hybridized carbons (Fsp3) is 0.391. The van der Waals surface area contributed by atoms with Crippen molar-refractivity contribution in [2.75, 3.05) is 23.7 Å². The third-order valence-corrected chi connectivity index (χ3v) is 6.16. The number of rotatable bonds is 10. The SMILES string of the molecule is CCCNC(=O)C(C)N(Cc1cccc(C)c1)C(=O)CN(c1ccc(F)c(F)c1)S(C)(=O)=O. The normalized spacial score (nSPS) is 12.2. The van der Waals surface area contributed by atoms with Crippen molar-refractivity contribution in [3.8, 4) is 0 Å². The van der Waals surface area contributed by atoms with Crippen molar-refractivity contribution in [3.63, 3.8) is 0 Å². The van der Waals surface area contributed by atoms with E-state index < -0.39 is 40.2 Å². The Morgan fingerprint density at radius 1 is 1.09 bits per heavy atom. The summed E-state index contributed by atoms with van der Waals surface area (Å²) in [6.07, 6.45) is 1.58. The zero-order valence-electron chi connectivity index (χ0n) is 19.1. The fourth-order valence-corrected chi connectivity index (χ4v) is 4.08. The molecule has 0 saturated heterocycles. The molecule has 0 spiro atoms. The van der Waals surface area contributed by atoms with Crippen molar-refractivity contribution >= 4 is 27.5 Å². The van der Waals surface area contributed by atoms with Crippen molar-refractivity contribution in [1.82, 2.24) is 10.2 Å². The van der Waals surface area contributed by atoms with Gasteiger partial charge in [-0.05, 0) is 38.0 Å². The van der Waals surface area contributed by atoms with Crippen LogP contribution in [-0.4, -0.2) is 50.5 Å². The minimum absolute atomic E-state index is 0.0661. The number of carbonyl (C=O) groups excluding carboxylic acids is 2. The molecule has 0 heterocycles. The molecule has 0 fully saturated rings. The molecule has 180 valence electrons. The highest BCUT2D eigenvalue weighted by Crippen LogP contribution is 2.21. The molecule has 33 heavy (non-hydrogen) atoms. The standard InChI is InChI=1S/C23H29F2N3O4S/c1-5-11-26-23(30)17(3)27(14-18-8-6-7-16(2)12-18)22(29)15-28(33(4,31)32)19-9-10-20(24)21(25)13-19/h6-10,12-13,17H,5,11,14-15H2,1-4H3,(H,26,30). The molecule has 2 aromatic carbocycles. The van der Waals surface area contributed by atoms with Crippen LogP contribution in [0.15, 0.2) is 42.5 Å². The number of carbonyl (C=O) groups is 2. The van der Waals surface area contributed by atoms with Gasteiger partial charge in [0, 0.05) is 19.2 Å². The first kappa shape index (κ1) is 26.2. The van der Waals surface area contributed by atoms with Crippen molar-refractivity contribution < 1.29 is 26.8 Å². The van der Waals surface area contributed by atoms with E-state index in [1.165, 1.54) is 4.90 Å². The van der Waals surface area contributed by atoms with Crippen molar-refractivity contribution in [2.45, 2.75) is 39.8 Å². The molecular formula is C23H29F2N3O4S. The Labute approximate surface area is 193 Å². The van der Waals surface area contributed by atoms with Crippen LogP contribution >= 0.6 is 0 Å². The van der Waals surface area contributed by atoms with Crippen molar-refractivity contribution in [3.05, 3.63) is 65.2 Å². The van der Waals surface area contributed by atoms with Crippen molar-refractivity contribution in [1.29, 1.82) is 0 Å². The van der Waals surface area contributed by atoms with Gasteiger partial charge in [0.25, 0.3) is 0 Å². The van der Waals surface area contributed by atoms with Crippen LogP contribution in [0.3, 0.4) is 0 Å². The summed E-state index contributed by atoms with van der Waals surface area (Å²) in [6, 6.07) is 9.06. The molecule has 2 rings (SSSR count). The number of halogens is 2. The molecule has 0 aliphatic carbocycles. The monoisotopic (exact) mass is 481 g/mol. The Morgan fingerprint density at radius 3 is 2.36 bits per heavy atom. The minimum atomic E-state index is -4.02. The smallest absolute Gasteiger partial charge is 0.244 e. The maximum absolute atomic E-state index is 13.8. The Kier molecular flexibility index (Phi) is 8.92.